The van der Waals surface area contributed by atoms with E-state index in [-0.39, 0.29) is 0 Å². The van der Waals surface area contributed by atoms with E-state index < -0.39 is 9.90 Å². The number of aliphatic hydroxyl groups is 1. The van der Waals surface area contributed by atoms with Crippen LogP contribution < -0.4 is 0 Å². The number of halogens is 3. The normalized spacial score (nSPS) is 14.6. The van der Waals surface area contributed by atoms with E-state index in [1.807, 2.05) is 0 Å². The first-order valence-corrected chi connectivity index (χ1v) is 4.70. The molecule has 13 heavy (non-hydrogen) atoms. The average Bonchev–Trinajstić information content (AvgIpc) is 2.30. The smallest absolute Gasteiger partial charge is 0.220 e. The number of aromatic nitrogens is 2. The zero-order valence-corrected chi connectivity index (χ0v) is 9.40. The van der Waals surface area contributed by atoms with Crippen molar-refractivity contribution in [1.29, 1.82) is 0 Å². The second-order valence-electron chi connectivity index (χ2n) is 2.75. The lowest BCUT2D eigenvalue weighted by Gasteiger charge is -2.18. The Bertz CT molecular complexity index is 305. The van der Waals surface area contributed by atoms with Crippen molar-refractivity contribution in [3.8, 4) is 0 Å². The van der Waals surface area contributed by atoms with E-state index in [0.717, 1.165) is 5.69 Å². The molecule has 1 aromatic heterocycles. The first-order chi connectivity index (χ1) is 5.84. The van der Waals surface area contributed by atoms with Crippen molar-refractivity contribution in [2.45, 2.75) is 16.8 Å². The van der Waals surface area contributed by atoms with Crippen molar-refractivity contribution >= 4 is 34.8 Å². The highest BCUT2D eigenvalue weighted by molar-refractivity contribution is 6.68. The quantitative estimate of drug-likeness (QED) is 0.768. The molecule has 0 fully saturated rings. The molecule has 1 heterocycles. The molecule has 0 amide bonds. The summed E-state index contributed by atoms with van der Waals surface area (Å²) in [6.45, 7) is 1.79. The van der Waals surface area contributed by atoms with Gasteiger partial charge in [0.25, 0.3) is 0 Å². The predicted molar refractivity (Wildman–Crippen MR) is 53.2 cm³/mol. The van der Waals surface area contributed by atoms with Crippen LogP contribution >= 0.6 is 34.8 Å². The second kappa shape index (κ2) is 3.65. The van der Waals surface area contributed by atoms with Crippen LogP contribution in [0.5, 0.6) is 0 Å². The van der Waals surface area contributed by atoms with Crippen molar-refractivity contribution in [1.82, 2.24) is 9.78 Å². The van der Waals surface area contributed by atoms with E-state index in [1.165, 1.54) is 6.20 Å². The lowest BCUT2D eigenvalue weighted by molar-refractivity contribution is 0.181. The Kier molecular flexibility index (Phi) is 3.12. The Balaban J connectivity index is 3.02. The molecule has 0 aliphatic carbocycles. The molecule has 0 aliphatic rings. The number of rotatable bonds is 1. The number of aryl methyl sites for hydroxylation is 1. The molecule has 0 bridgehead atoms. The molecule has 0 spiro atoms. The first-order valence-electron chi connectivity index (χ1n) is 3.57. The number of aliphatic hydroxyl groups excluding tert-OH is 1. The highest BCUT2D eigenvalue weighted by Gasteiger charge is 2.34. The third-order valence-electron chi connectivity index (χ3n) is 1.88. The van der Waals surface area contributed by atoms with Gasteiger partial charge in [-0.25, -0.2) is 0 Å². The van der Waals surface area contributed by atoms with E-state index in [4.69, 9.17) is 34.8 Å². The predicted octanol–water partition coefficient (Wildman–Crippen LogP) is 2.13. The molecule has 0 saturated heterocycles. The summed E-state index contributed by atoms with van der Waals surface area (Å²) < 4.78 is -0.108. The lowest BCUT2D eigenvalue weighted by Crippen LogP contribution is -2.17. The molecular weight excluding hydrogens is 234 g/mol. The van der Waals surface area contributed by atoms with Gasteiger partial charge in [-0.2, -0.15) is 5.10 Å². The van der Waals surface area contributed by atoms with Gasteiger partial charge in [-0.3, -0.25) is 4.68 Å². The zero-order chi connectivity index (χ0) is 10.2. The highest BCUT2D eigenvalue weighted by atomic mass is 35.6. The number of alkyl halides is 3. The van der Waals surface area contributed by atoms with Gasteiger partial charge in [0.15, 0.2) is 0 Å². The number of hydrogen-bond acceptors (Lipinski definition) is 2. The van der Waals surface area contributed by atoms with Gasteiger partial charge >= 0.3 is 0 Å². The van der Waals surface area contributed by atoms with Gasteiger partial charge in [0.1, 0.15) is 6.10 Å². The summed E-state index contributed by atoms with van der Waals surface area (Å²) in [5.74, 6) is 0. The minimum Gasteiger partial charge on any atom is -0.384 e. The van der Waals surface area contributed by atoms with Crippen LogP contribution in [0, 0.1) is 6.92 Å². The van der Waals surface area contributed by atoms with E-state index in [0.29, 0.717) is 5.56 Å². The standard InChI is InChI=1S/C7H9Cl3N2O/c1-4-5(3-11-12(4)2)6(13)7(8,9)10/h3,6,13H,1-2H3. The summed E-state index contributed by atoms with van der Waals surface area (Å²) in [7, 11) is 1.75. The zero-order valence-electron chi connectivity index (χ0n) is 7.13. The van der Waals surface area contributed by atoms with Crippen LogP contribution in [0.15, 0.2) is 6.20 Å². The fourth-order valence-corrected chi connectivity index (χ4v) is 1.31. The molecule has 3 nitrogen and oxygen atoms in total. The molecule has 1 aromatic rings. The van der Waals surface area contributed by atoms with Crippen LogP contribution in [0.25, 0.3) is 0 Å². The minimum absolute atomic E-state index is 0.530. The SMILES string of the molecule is Cc1c(C(O)C(Cl)(Cl)Cl)cnn1C. The average molecular weight is 244 g/mol. The van der Waals surface area contributed by atoms with Crippen molar-refractivity contribution in [2.75, 3.05) is 0 Å². The molecule has 1 N–H and O–H groups in total. The molecule has 6 heteroatoms. The van der Waals surface area contributed by atoms with Crippen molar-refractivity contribution in [2.24, 2.45) is 7.05 Å². The topological polar surface area (TPSA) is 38.1 Å². The summed E-state index contributed by atoms with van der Waals surface area (Å²) in [6, 6.07) is 0. The van der Waals surface area contributed by atoms with Gasteiger partial charge in [-0.05, 0) is 6.92 Å². The van der Waals surface area contributed by atoms with Gasteiger partial charge < -0.3 is 5.11 Å². The highest BCUT2D eigenvalue weighted by Crippen LogP contribution is 2.40. The van der Waals surface area contributed by atoms with Crippen LogP contribution in [-0.2, 0) is 7.05 Å². The summed E-state index contributed by atoms with van der Waals surface area (Å²) in [5.41, 5.74) is 1.31. The Labute approximate surface area is 91.2 Å². The molecule has 1 atom stereocenters. The summed E-state index contributed by atoms with van der Waals surface area (Å²) in [6.07, 6.45) is 0.341. The second-order valence-corrected chi connectivity index (χ2v) is 5.12. The largest absolute Gasteiger partial charge is 0.384 e. The van der Waals surface area contributed by atoms with Gasteiger partial charge in [0.05, 0.1) is 6.20 Å². The number of nitrogens with zero attached hydrogens (tertiary/aromatic N) is 2. The van der Waals surface area contributed by atoms with E-state index >= 15 is 0 Å². The maximum Gasteiger partial charge on any atom is 0.220 e. The molecule has 0 saturated carbocycles. The van der Waals surface area contributed by atoms with Crippen LogP contribution in [0.4, 0.5) is 0 Å². The fourth-order valence-electron chi connectivity index (χ4n) is 0.960. The van der Waals surface area contributed by atoms with Crippen LogP contribution in [-0.4, -0.2) is 18.7 Å². The minimum atomic E-state index is -1.71. The summed E-state index contributed by atoms with van der Waals surface area (Å²) in [5, 5.41) is 13.5. The van der Waals surface area contributed by atoms with Gasteiger partial charge in [-0.15, -0.1) is 0 Å². The molecule has 0 aromatic carbocycles. The molecule has 0 aliphatic heterocycles. The first kappa shape index (κ1) is 11.1. The fraction of sp³-hybridized carbons (Fsp3) is 0.571. The molecule has 0 radical (unpaired) electrons. The maximum atomic E-state index is 9.60. The van der Waals surface area contributed by atoms with Gasteiger partial charge in [0.2, 0.25) is 3.79 Å². The lowest BCUT2D eigenvalue weighted by atomic mass is 10.2. The summed E-state index contributed by atoms with van der Waals surface area (Å²) in [4.78, 5) is 0. The Morgan fingerprint density at radius 1 is 1.54 bits per heavy atom. The molecule has 1 rings (SSSR count). The molecule has 74 valence electrons. The maximum absolute atomic E-state index is 9.60. The van der Waals surface area contributed by atoms with Crippen molar-refractivity contribution in [3.05, 3.63) is 17.5 Å². The Morgan fingerprint density at radius 3 is 2.38 bits per heavy atom. The summed E-state index contributed by atoms with van der Waals surface area (Å²) >= 11 is 16.6. The van der Waals surface area contributed by atoms with Crippen molar-refractivity contribution in [3.63, 3.8) is 0 Å². The third-order valence-corrected chi connectivity index (χ3v) is 2.50. The van der Waals surface area contributed by atoms with Crippen LogP contribution in [0.2, 0.25) is 0 Å². The third kappa shape index (κ3) is 2.29. The van der Waals surface area contributed by atoms with E-state index in [9.17, 15) is 5.11 Å². The van der Waals surface area contributed by atoms with E-state index in [2.05, 4.69) is 5.10 Å². The Hall–Kier alpha value is 0.0400. The monoisotopic (exact) mass is 242 g/mol. The van der Waals surface area contributed by atoms with Gasteiger partial charge in [-0.1, -0.05) is 34.8 Å². The Morgan fingerprint density at radius 2 is 2.08 bits per heavy atom. The van der Waals surface area contributed by atoms with Crippen molar-refractivity contribution < 1.29 is 5.11 Å². The van der Waals surface area contributed by atoms with Crippen LogP contribution in [0.3, 0.4) is 0 Å². The number of hydrogen-bond donors (Lipinski definition) is 1. The molecular formula is C7H9Cl3N2O. The van der Waals surface area contributed by atoms with Crippen LogP contribution in [0.1, 0.15) is 17.4 Å². The van der Waals surface area contributed by atoms with E-state index in [1.54, 1.807) is 18.7 Å². The molecule has 1 unspecified atom stereocenters. The van der Waals surface area contributed by atoms with Gasteiger partial charge in [0, 0.05) is 18.3 Å².